The number of hydrogen-bond donors (Lipinski definition) is 3. The van der Waals surface area contributed by atoms with Gasteiger partial charge in [-0.3, -0.25) is 9.89 Å². The van der Waals surface area contributed by atoms with Gasteiger partial charge < -0.3 is 10.4 Å². The molecule has 0 fully saturated rings. The monoisotopic (exact) mass is 184 g/mol. The zero-order valence-corrected chi connectivity index (χ0v) is 7.32. The van der Waals surface area contributed by atoms with E-state index in [2.05, 4.69) is 20.5 Å². The van der Waals surface area contributed by atoms with Crippen LogP contribution >= 0.6 is 0 Å². The van der Waals surface area contributed by atoms with E-state index >= 15 is 0 Å². The Kier molecular flexibility index (Phi) is 3.39. The molecule has 1 atom stereocenters. The highest BCUT2D eigenvalue weighted by Crippen LogP contribution is 1.90. The van der Waals surface area contributed by atoms with E-state index in [0.29, 0.717) is 6.54 Å². The largest absolute Gasteiger partial charge is 0.396 e. The molecule has 0 aliphatic carbocycles. The van der Waals surface area contributed by atoms with E-state index in [4.69, 9.17) is 5.11 Å². The standard InChI is InChI=1S/C7H12N4O2/c1-5(3-12)2-8-7(13)6-9-4-10-11-6/h4-5,12H,2-3H2,1H3,(H,8,13)(H,9,10,11). The Morgan fingerprint density at radius 3 is 3.15 bits per heavy atom. The zero-order valence-electron chi connectivity index (χ0n) is 7.32. The van der Waals surface area contributed by atoms with Crippen molar-refractivity contribution in [2.75, 3.05) is 13.2 Å². The molecule has 1 aromatic rings. The Morgan fingerprint density at radius 2 is 2.62 bits per heavy atom. The third-order valence-corrected chi connectivity index (χ3v) is 1.55. The molecule has 0 aliphatic rings. The van der Waals surface area contributed by atoms with Gasteiger partial charge in [-0.25, -0.2) is 4.98 Å². The molecule has 0 saturated heterocycles. The molecule has 1 aromatic heterocycles. The van der Waals surface area contributed by atoms with Gasteiger partial charge in [-0.1, -0.05) is 6.92 Å². The first-order valence-electron chi connectivity index (χ1n) is 3.98. The molecule has 3 N–H and O–H groups in total. The van der Waals surface area contributed by atoms with Crippen LogP contribution in [0.2, 0.25) is 0 Å². The Hall–Kier alpha value is -1.43. The summed E-state index contributed by atoms with van der Waals surface area (Å²) >= 11 is 0. The summed E-state index contributed by atoms with van der Waals surface area (Å²) in [6, 6.07) is 0. The molecule has 0 bridgehead atoms. The van der Waals surface area contributed by atoms with Crippen LogP contribution in [0.5, 0.6) is 0 Å². The lowest BCUT2D eigenvalue weighted by Gasteiger charge is -2.07. The van der Waals surface area contributed by atoms with Crippen molar-refractivity contribution in [3.63, 3.8) is 0 Å². The fourth-order valence-corrected chi connectivity index (χ4v) is 0.730. The van der Waals surface area contributed by atoms with Gasteiger partial charge in [0, 0.05) is 13.2 Å². The summed E-state index contributed by atoms with van der Waals surface area (Å²) in [4.78, 5) is 14.9. The van der Waals surface area contributed by atoms with Crippen LogP contribution in [0, 0.1) is 5.92 Å². The van der Waals surface area contributed by atoms with Crippen molar-refractivity contribution in [3.05, 3.63) is 12.2 Å². The van der Waals surface area contributed by atoms with Gasteiger partial charge in [-0.15, -0.1) is 0 Å². The second kappa shape index (κ2) is 4.56. The fourth-order valence-electron chi connectivity index (χ4n) is 0.730. The van der Waals surface area contributed by atoms with Crippen molar-refractivity contribution in [2.45, 2.75) is 6.92 Å². The van der Waals surface area contributed by atoms with Crippen LogP contribution in [-0.2, 0) is 0 Å². The number of H-pyrrole nitrogens is 1. The highest BCUT2D eigenvalue weighted by molar-refractivity contribution is 5.90. The maximum atomic E-state index is 11.2. The summed E-state index contributed by atoms with van der Waals surface area (Å²) in [6.07, 6.45) is 1.27. The van der Waals surface area contributed by atoms with Crippen molar-refractivity contribution in [1.29, 1.82) is 0 Å². The molecule has 6 heteroatoms. The van der Waals surface area contributed by atoms with Crippen LogP contribution in [0.3, 0.4) is 0 Å². The Labute approximate surface area is 75.4 Å². The number of carbonyl (C=O) groups is 1. The quantitative estimate of drug-likeness (QED) is 0.569. The maximum Gasteiger partial charge on any atom is 0.288 e. The van der Waals surface area contributed by atoms with Gasteiger partial charge in [-0.2, -0.15) is 5.10 Å². The summed E-state index contributed by atoms with van der Waals surface area (Å²) in [6.45, 7) is 2.31. The number of hydrogen-bond acceptors (Lipinski definition) is 4. The lowest BCUT2D eigenvalue weighted by molar-refractivity contribution is 0.0932. The number of aliphatic hydroxyl groups is 1. The van der Waals surface area contributed by atoms with Crippen molar-refractivity contribution in [1.82, 2.24) is 20.5 Å². The predicted molar refractivity (Wildman–Crippen MR) is 45.0 cm³/mol. The van der Waals surface area contributed by atoms with Gasteiger partial charge in [0.2, 0.25) is 5.82 Å². The SMILES string of the molecule is CC(CO)CNC(=O)c1ncn[nH]1. The van der Waals surface area contributed by atoms with Gasteiger partial charge in [0.05, 0.1) is 0 Å². The molecule has 13 heavy (non-hydrogen) atoms. The first-order chi connectivity index (χ1) is 6.24. The highest BCUT2D eigenvalue weighted by atomic mass is 16.3. The average molecular weight is 184 g/mol. The van der Waals surface area contributed by atoms with Crippen LogP contribution in [0.1, 0.15) is 17.5 Å². The normalized spacial score (nSPS) is 12.5. The van der Waals surface area contributed by atoms with Gasteiger partial charge in [0.1, 0.15) is 6.33 Å². The molecule has 1 rings (SSSR count). The molecule has 6 nitrogen and oxygen atoms in total. The number of rotatable bonds is 4. The number of nitrogens with zero attached hydrogens (tertiary/aromatic N) is 2. The molecular formula is C7H12N4O2. The molecular weight excluding hydrogens is 172 g/mol. The summed E-state index contributed by atoms with van der Waals surface area (Å²) in [5, 5.41) is 17.3. The van der Waals surface area contributed by atoms with Crippen LogP contribution < -0.4 is 5.32 Å². The van der Waals surface area contributed by atoms with E-state index in [9.17, 15) is 4.79 Å². The molecule has 0 aliphatic heterocycles. The molecule has 0 aromatic carbocycles. The van der Waals surface area contributed by atoms with Crippen molar-refractivity contribution < 1.29 is 9.90 Å². The van der Waals surface area contributed by atoms with Gasteiger partial charge in [-0.05, 0) is 5.92 Å². The van der Waals surface area contributed by atoms with Crippen molar-refractivity contribution in [3.8, 4) is 0 Å². The number of aromatic nitrogens is 3. The second-order valence-corrected chi connectivity index (χ2v) is 2.83. The predicted octanol–water partition coefficient (Wildman–Crippen LogP) is -0.837. The van der Waals surface area contributed by atoms with Crippen LogP contribution in [0.15, 0.2) is 6.33 Å². The molecule has 1 heterocycles. The third kappa shape index (κ3) is 2.83. The highest BCUT2D eigenvalue weighted by Gasteiger charge is 2.08. The number of amides is 1. The minimum absolute atomic E-state index is 0.0480. The first kappa shape index (κ1) is 9.66. The second-order valence-electron chi connectivity index (χ2n) is 2.83. The lowest BCUT2D eigenvalue weighted by Crippen LogP contribution is -2.30. The summed E-state index contributed by atoms with van der Waals surface area (Å²) in [5.41, 5.74) is 0. The summed E-state index contributed by atoms with van der Waals surface area (Å²) in [5.74, 6) is -0.0742. The van der Waals surface area contributed by atoms with E-state index in [1.807, 2.05) is 6.92 Å². The number of aromatic amines is 1. The maximum absolute atomic E-state index is 11.2. The Morgan fingerprint density at radius 1 is 1.85 bits per heavy atom. The van der Waals surface area contributed by atoms with E-state index in [-0.39, 0.29) is 24.3 Å². The van der Waals surface area contributed by atoms with Gasteiger partial charge in [0.15, 0.2) is 0 Å². The zero-order chi connectivity index (χ0) is 9.68. The molecule has 1 amide bonds. The topological polar surface area (TPSA) is 90.9 Å². The molecule has 1 unspecified atom stereocenters. The van der Waals surface area contributed by atoms with Gasteiger partial charge >= 0.3 is 0 Å². The van der Waals surface area contributed by atoms with Crippen LogP contribution in [0.25, 0.3) is 0 Å². The molecule has 0 radical (unpaired) electrons. The molecule has 0 saturated carbocycles. The smallest absolute Gasteiger partial charge is 0.288 e. The van der Waals surface area contributed by atoms with E-state index in [0.717, 1.165) is 0 Å². The summed E-state index contributed by atoms with van der Waals surface area (Å²) in [7, 11) is 0. The van der Waals surface area contributed by atoms with Crippen molar-refractivity contribution in [2.24, 2.45) is 5.92 Å². The average Bonchev–Trinajstić information content (AvgIpc) is 2.66. The van der Waals surface area contributed by atoms with E-state index in [1.165, 1.54) is 6.33 Å². The van der Waals surface area contributed by atoms with Crippen LogP contribution in [0.4, 0.5) is 0 Å². The number of nitrogens with one attached hydrogen (secondary N) is 2. The lowest BCUT2D eigenvalue weighted by atomic mass is 10.2. The summed E-state index contributed by atoms with van der Waals surface area (Å²) < 4.78 is 0. The molecule has 72 valence electrons. The van der Waals surface area contributed by atoms with Crippen LogP contribution in [-0.4, -0.2) is 39.3 Å². The fraction of sp³-hybridized carbons (Fsp3) is 0.571. The number of aliphatic hydroxyl groups excluding tert-OH is 1. The first-order valence-corrected chi connectivity index (χ1v) is 3.98. The van der Waals surface area contributed by atoms with Gasteiger partial charge in [0.25, 0.3) is 5.91 Å². The van der Waals surface area contributed by atoms with E-state index < -0.39 is 0 Å². The Balaban J connectivity index is 2.35. The number of carbonyl (C=O) groups excluding carboxylic acids is 1. The minimum atomic E-state index is -0.308. The Bertz CT molecular complexity index is 259. The third-order valence-electron chi connectivity index (χ3n) is 1.55. The minimum Gasteiger partial charge on any atom is -0.396 e. The van der Waals surface area contributed by atoms with E-state index in [1.54, 1.807) is 0 Å². The van der Waals surface area contributed by atoms with Crippen molar-refractivity contribution >= 4 is 5.91 Å². The molecule has 0 spiro atoms.